The third kappa shape index (κ3) is 2.69. The summed E-state index contributed by atoms with van der Waals surface area (Å²) in [4.78, 5) is 18.4. The Balaban J connectivity index is 1.33. The van der Waals surface area contributed by atoms with Crippen LogP contribution in [0.3, 0.4) is 0 Å². The molecule has 1 saturated heterocycles. The molecule has 2 aliphatic rings. The van der Waals surface area contributed by atoms with Crippen LogP contribution in [0, 0.1) is 13.8 Å². The number of nitrogens with zero attached hydrogens (tertiary/aromatic N) is 6. The van der Waals surface area contributed by atoms with Crippen molar-refractivity contribution >= 4 is 17.2 Å². The molecule has 3 aromatic heterocycles. The molecular formula is C20H24N6. The Kier molecular flexibility index (Phi) is 3.58. The average Bonchev–Trinajstić information content (AvgIpc) is 3.43. The molecule has 0 radical (unpaired) electrons. The van der Waals surface area contributed by atoms with Crippen LogP contribution in [0.15, 0.2) is 30.9 Å². The first-order valence-corrected chi connectivity index (χ1v) is 9.46. The minimum atomic E-state index is 0.696. The van der Waals surface area contributed by atoms with Gasteiger partial charge in [0.1, 0.15) is 17.8 Å². The number of aryl methyl sites for hydroxylation is 1. The minimum absolute atomic E-state index is 0.696. The Hall–Kier alpha value is -2.63. The van der Waals surface area contributed by atoms with Gasteiger partial charge < -0.3 is 14.2 Å². The largest absolute Gasteiger partial charge is 0.367 e. The molecule has 6 nitrogen and oxygen atoms in total. The van der Waals surface area contributed by atoms with Crippen molar-refractivity contribution in [2.45, 2.75) is 32.6 Å². The maximum atomic E-state index is 4.75. The lowest BCUT2D eigenvalue weighted by atomic mass is 10.2. The van der Waals surface area contributed by atoms with Gasteiger partial charge in [-0.3, -0.25) is 0 Å². The lowest BCUT2D eigenvalue weighted by Gasteiger charge is -2.37. The molecule has 0 atom stereocenters. The van der Waals surface area contributed by atoms with Crippen LogP contribution in [0.1, 0.15) is 35.7 Å². The molecule has 3 aromatic rings. The van der Waals surface area contributed by atoms with E-state index in [2.05, 4.69) is 55.6 Å². The number of hydrogen-bond acceptors (Lipinski definition) is 5. The topological polar surface area (TPSA) is 49.6 Å². The number of fused-ring (bicyclic) bond motifs is 1. The fraction of sp³-hybridized carbons (Fsp3) is 0.450. The number of aromatic nitrogens is 4. The molecule has 0 unspecified atom stereocenters. The molecule has 1 aliphatic heterocycles. The van der Waals surface area contributed by atoms with Crippen LogP contribution in [-0.4, -0.2) is 45.5 Å². The van der Waals surface area contributed by atoms with E-state index in [1.165, 1.54) is 29.8 Å². The van der Waals surface area contributed by atoms with E-state index in [-0.39, 0.29) is 0 Å². The molecule has 26 heavy (non-hydrogen) atoms. The van der Waals surface area contributed by atoms with Crippen LogP contribution < -0.4 is 9.80 Å². The first kappa shape index (κ1) is 15.6. The monoisotopic (exact) mass is 348 g/mol. The second-order valence-corrected chi connectivity index (χ2v) is 7.47. The summed E-state index contributed by atoms with van der Waals surface area (Å²) < 4.78 is 2.19. The molecule has 1 aliphatic carbocycles. The second kappa shape index (κ2) is 5.97. The van der Waals surface area contributed by atoms with Crippen LogP contribution in [0.5, 0.6) is 0 Å². The fourth-order valence-electron chi connectivity index (χ4n) is 3.78. The van der Waals surface area contributed by atoms with Gasteiger partial charge in [-0.05, 0) is 38.8 Å². The first-order valence-electron chi connectivity index (χ1n) is 9.46. The lowest BCUT2D eigenvalue weighted by Crippen LogP contribution is -2.47. The van der Waals surface area contributed by atoms with E-state index in [1.54, 1.807) is 6.33 Å². The van der Waals surface area contributed by atoms with Gasteiger partial charge in [-0.25, -0.2) is 15.0 Å². The average molecular weight is 348 g/mol. The quantitative estimate of drug-likeness (QED) is 0.728. The molecular weight excluding hydrogens is 324 g/mol. The van der Waals surface area contributed by atoms with E-state index < -0.39 is 0 Å². The summed E-state index contributed by atoms with van der Waals surface area (Å²) in [6, 6.07) is 4.35. The Bertz CT molecular complexity index is 950. The normalized spacial score (nSPS) is 17.9. The van der Waals surface area contributed by atoms with Gasteiger partial charge in [0.05, 0.1) is 11.4 Å². The molecule has 0 amide bonds. The second-order valence-electron chi connectivity index (χ2n) is 7.47. The summed E-state index contributed by atoms with van der Waals surface area (Å²) >= 11 is 0. The highest BCUT2D eigenvalue weighted by Gasteiger charge is 2.26. The Morgan fingerprint density at radius 1 is 0.923 bits per heavy atom. The first-order chi connectivity index (χ1) is 12.7. The zero-order valence-electron chi connectivity index (χ0n) is 15.4. The van der Waals surface area contributed by atoms with Gasteiger partial charge in [0.25, 0.3) is 0 Å². The zero-order chi connectivity index (χ0) is 17.7. The van der Waals surface area contributed by atoms with Crippen molar-refractivity contribution < 1.29 is 0 Å². The van der Waals surface area contributed by atoms with Crippen molar-refractivity contribution in [3.8, 4) is 0 Å². The standard InChI is InChI=1S/C20H24N6/c1-14-15(2)21-13-22-20(14)25-9-7-24(8-10-25)17-5-6-19-23-18(16-3-4-16)12-26(19)11-17/h5-6,11-13,16H,3-4,7-10H2,1-2H3. The van der Waals surface area contributed by atoms with Gasteiger partial charge in [-0.2, -0.15) is 0 Å². The van der Waals surface area contributed by atoms with Crippen LogP contribution in [0.25, 0.3) is 5.65 Å². The molecule has 1 saturated carbocycles. The Morgan fingerprint density at radius 3 is 2.46 bits per heavy atom. The summed E-state index contributed by atoms with van der Waals surface area (Å²) in [5.74, 6) is 1.78. The number of piperazine rings is 1. The molecule has 0 N–H and O–H groups in total. The van der Waals surface area contributed by atoms with Gasteiger partial charge in [-0.15, -0.1) is 0 Å². The van der Waals surface area contributed by atoms with Crippen molar-refractivity contribution in [2.75, 3.05) is 36.0 Å². The highest BCUT2D eigenvalue weighted by atomic mass is 15.3. The van der Waals surface area contributed by atoms with E-state index in [9.17, 15) is 0 Å². The predicted molar refractivity (Wildman–Crippen MR) is 103 cm³/mol. The molecule has 0 aromatic carbocycles. The summed E-state index contributed by atoms with van der Waals surface area (Å²) in [5.41, 5.74) is 5.83. The number of pyridine rings is 1. The van der Waals surface area contributed by atoms with Crippen LogP contribution >= 0.6 is 0 Å². The maximum Gasteiger partial charge on any atom is 0.137 e. The summed E-state index contributed by atoms with van der Waals surface area (Å²) in [6.07, 6.45) is 8.69. The highest BCUT2D eigenvalue weighted by molar-refractivity contribution is 5.55. The van der Waals surface area contributed by atoms with Gasteiger partial charge in [0, 0.05) is 55.7 Å². The zero-order valence-corrected chi connectivity index (χ0v) is 15.4. The molecule has 0 bridgehead atoms. The third-order valence-corrected chi connectivity index (χ3v) is 5.70. The smallest absolute Gasteiger partial charge is 0.137 e. The Morgan fingerprint density at radius 2 is 1.69 bits per heavy atom. The van der Waals surface area contributed by atoms with E-state index in [0.29, 0.717) is 5.92 Å². The van der Waals surface area contributed by atoms with E-state index in [4.69, 9.17) is 4.98 Å². The van der Waals surface area contributed by atoms with Crippen molar-refractivity contribution in [3.05, 3.63) is 47.8 Å². The molecule has 2 fully saturated rings. The summed E-state index contributed by atoms with van der Waals surface area (Å²) in [6.45, 7) is 8.12. The van der Waals surface area contributed by atoms with E-state index in [0.717, 1.165) is 43.3 Å². The van der Waals surface area contributed by atoms with Crippen molar-refractivity contribution in [1.29, 1.82) is 0 Å². The summed E-state index contributed by atoms with van der Waals surface area (Å²) in [7, 11) is 0. The molecule has 0 spiro atoms. The van der Waals surface area contributed by atoms with Gasteiger partial charge in [-0.1, -0.05) is 0 Å². The maximum absolute atomic E-state index is 4.75. The van der Waals surface area contributed by atoms with Crippen molar-refractivity contribution in [1.82, 2.24) is 19.4 Å². The molecule has 4 heterocycles. The van der Waals surface area contributed by atoms with Gasteiger partial charge in [0.2, 0.25) is 0 Å². The van der Waals surface area contributed by atoms with Crippen molar-refractivity contribution in [2.24, 2.45) is 0 Å². The van der Waals surface area contributed by atoms with Crippen LogP contribution in [0.2, 0.25) is 0 Å². The number of imidazole rings is 1. The van der Waals surface area contributed by atoms with Gasteiger partial charge in [0.15, 0.2) is 0 Å². The SMILES string of the molecule is Cc1ncnc(N2CCN(c3ccc4nc(C5CC5)cn4c3)CC2)c1C. The van der Waals surface area contributed by atoms with E-state index in [1.807, 2.05) is 6.92 Å². The Labute approximate surface area is 153 Å². The fourth-order valence-corrected chi connectivity index (χ4v) is 3.78. The van der Waals surface area contributed by atoms with Crippen LogP contribution in [-0.2, 0) is 0 Å². The highest BCUT2D eigenvalue weighted by Crippen LogP contribution is 2.39. The molecule has 6 heteroatoms. The summed E-state index contributed by atoms with van der Waals surface area (Å²) in [5, 5.41) is 0. The molecule has 5 rings (SSSR count). The lowest BCUT2D eigenvalue weighted by molar-refractivity contribution is 0.643. The van der Waals surface area contributed by atoms with Crippen LogP contribution in [0.4, 0.5) is 11.5 Å². The predicted octanol–water partition coefficient (Wildman–Crippen LogP) is 2.95. The number of hydrogen-bond donors (Lipinski definition) is 0. The van der Waals surface area contributed by atoms with Gasteiger partial charge >= 0.3 is 0 Å². The number of anilines is 2. The molecule has 134 valence electrons. The number of rotatable bonds is 3. The van der Waals surface area contributed by atoms with E-state index >= 15 is 0 Å². The van der Waals surface area contributed by atoms with Crippen molar-refractivity contribution in [3.63, 3.8) is 0 Å². The third-order valence-electron chi connectivity index (χ3n) is 5.70. The minimum Gasteiger partial charge on any atom is -0.367 e.